The average molecular weight is 263 g/mol. The largest absolute Gasteiger partial charge is 0.339 e. The van der Waals surface area contributed by atoms with Gasteiger partial charge in [-0.25, -0.2) is 4.98 Å². The minimum absolute atomic E-state index is 0.621. The highest BCUT2D eigenvalue weighted by Crippen LogP contribution is 2.27. The van der Waals surface area contributed by atoms with Gasteiger partial charge in [-0.15, -0.1) is 0 Å². The Morgan fingerprint density at radius 1 is 1.15 bits per heavy atom. The topological polar surface area (TPSA) is 48.7 Å². The van der Waals surface area contributed by atoms with Crippen molar-refractivity contribution in [1.82, 2.24) is 4.98 Å². The number of nitrogens with one attached hydrogen (secondary N) is 1. The molecule has 0 bridgehead atoms. The van der Waals surface area contributed by atoms with Gasteiger partial charge in [0.05, 0.1) is 5.56 Å². The summed E-state index contributed by atoms with van der Waals surface area (Å²) >= 11 is 0. The zero-order valence-electron chi connectivity index (χ0n) is 11.8. The molecule has 0 fully saturated rings. The van der Waals surface area contributed by atoms with Crippen molar-refractivity contribution in [2.24, 2.45) is 0 Å². The normalized spacial score (nSPS) is 12.8. The summed E-state index contributed by atoms with van der Waals surface area (Å²) in [5, 5.41) is 12.6. The fourth-order valence-corrected chi connectivity index (χ4v) is 2.85. The molecule has 0 amide bonds. The molecule has 0 radical (unpaired) electrons. The van der Waals surface area contributed by atoms with Gasteiger partial charge in [0, 0.05) is 11.4 Å². The molecule has 0 atom stereocenters. The van der Waals surface area contributed by atoms with Gasteiger partial charge in [0.2, 0.25) is 0 Å². The van der Waals surface area contributed by atoms with Crippen molar-refractivity contribution in [2.45, 2.75) is 33.1 Å². The van der Waals surface area contributed by atoms with Gasteiger partial charge in [-0.05, 0) is 68.0 Å². The second-order valence-corrected chi connectivity index (χ2v) is 5.38. The van der Waals surface area contributed by atoms with E-state index in [0.29, 0.717) is 11.4 Å². The standard InChI is InChI=1S/C17H17N3/c1-11-8-12(2)19-17(16(11)10-18)20-15-7-6-13-4-3-5-14(13)9-15/h6-9H,3-5H2,1-2H3,(H,19,20). The lowest BCUT2D eigenvalue weighted by atomic mass is 10.1. The lowest BCUT2D eigenvalue weighted by Gasteiger charge is -2.11. The first-order valence-corrected chi connectivity index (χ1v) is 6.94. The summed E-state index contributed by atoms with van der Waals surface area (Å²) in [6, 6.07) is 10.6. The van der Waals surface area contributed by atoms with Crippen molar-refractivity contribution >= 4 is 11.5 Å². The van der Waals surface area contributed by atoms with Crippen molar-refractivity contribution in [3.8, 4) is 6.07 Å². The van der Waals surface area contributed by atoms with E-state index in [0.717, 1.165) is 23.4 Å². The van der Waals surface area contributed by atoms with Gasteiger partial charge < -0.3 is 5.32 Å². The number of fused-ring (bicyclic) bond motifs is 1. The van der Waals surface area contributed by atoms with Crippen LogP contribution in [-0.4, -0.2) is 4.98 Å². The van der Waals surface area contributed by atoms with Crippen molar-refractivity contribution in [3.63, 3.8) is 0 Å². The molecular formula is C17H17N3. The lowest BCUT2D eigenvalue weighted by Crippen LogP contribution is -2.01. The first-order chi connectivity index (χ1) is 9.67. The lowest BCUT2D eigenvalue weighted by molar-refractivity contribution is 0.912. The van der Waals surface area contributed by atoms with E-state index in [9.17, 15) is 5.26 Å². The number of hydrogen-bond donors (Lipinski definition) is 1. The molecule has 2 aromatic rings. The Labute approximate surface area is 119 Å². The first kappa shape index (κ1) is 12.7. The Morgan fingerprint density at radius 3 is 2.75 bits per heavy atom. The van der Waals surface area contributed by atoms with Gasteiger partial charge in [-0.3, -0.25) is 0 Å². The fraction of sp³-hybridized carbons (Fsp3) is 0.294. The van der Waals surface area contributed by atoms with Crippen LogP contribution in [-0.2, 0) is 12.8 Å². The Morgan fingerprint density at radius 2 is 1.95 bits per heavy atom. The van der Waals surface area contributed by atoms with Gasteiger partial charge in [-0.1, -0.05) is 6.07 Å². The van der Waals surface area contributed by atoms with E-state index in [1.807, 2.05) is 19.9 Å². The van der Waals surface area contributed by atoms with E-state index >= 15 is 0 Å². The highest BCUT2D eigenvalue weighted by Gasteiger charge is 2.13. The number of nitriles is 1. The SMILES string of the molecule is Cc1cc(C)c(C#N)c(Nc2ccc3c(c2)CCC3)n1. The summed E-state index contributed by atoms with van der Waals surface area (Å²) < 4.78 is 0. The monoisotopic (exact) mass is 263 g/mol. The zero-order valence-corrected chi connectivity index (χ0v) is 11.8. The maximum Gasteiger partial charge on any atom is 0.148 e. The molecule has 20 heavy (non-hydrogen) atoms. The number of benzene rings is 1. The van der Waals surface area contributed by atoms with Crippen molar-refractivity contribution in [3.05, 3.63) is 52.2 Å². The smallest absolute Gasteiger partial charge is 0.148 e. The van der Waals surface area contributed by atoms with Crippen LogP contribution in [0, 0.1) is 25.2 Å². The Hall–Kier alpha value is -2.34. The predicted octanol–water partition coefficient (Wildman–Crippen LogP) is 3.80. The molecule has 0 aliphatic heterocycles. The fourth-order valence-electron chi connectivity index (χ4n) is 2.85. The first-order valence-electron chi connectivity index (χ1n) is 6.94. The Bertz CT molecular complexity index is 711. The van der Waals surface area contributed by atoms with Gasteiger partial charge in [0.15, 0.2) is 0 Å². The summed E-state index contributed by atoms with van der Waals surface area (Å²) in [4.78, 5) is 4.46. The molecule has 3 nitrogen and oxygen atoms in total. The second-order valence-electron chi connectivity index (χ2n) is 5.38. The number of nitrogens with zero attached hydrogens (tertiary/aromatic N) is 2. The molecular weight excluding hydrogens is 246 g/mol. The third kappa shape index (κ3) is 2.25. The number of anilines is 2. The van der Waals surface area contributed by atoms with Crippen LogP contribution >= 0.6 is 0 Å². The van der Waals surface area contributed by atoms with Gasteiger partial charge in [-0.2, -0.15) is 5.26 Å². The minimum Gasteiger partial charge on any atom is -0.339 e. The molecule has 1 aliphatic carbocycles. The number of rotatable bonds is 2. The van der Waals surface area contributed by atoms with E-state index in [-0.39, 0.29) is 0 Å². The van der Waals surface area contributed by atoms with Crippen LogP contribution in [0.15, 0.2) is 24.3 Å². The molecule has 0 unspecified atom stereocenters. The van der Waals surface area contributed by atoms with Crippen LogP contribution in [0.1, 0.15) is 34.4 Å². The summed E-state index contributed by atoms with van der Waals surface area (Å²) in [6.45, 7) is 3.89. The van der Waals surface area contributed by atoms with Gasteiger partial charge >= 0.3 is 0 Å². The molecule has 3 heteroatoms. The third-order valence-electron chi connectivity index (χ3n) is 3.82. The van der Waals surface area contributed by atoms with Crippen LogP contribution in [0.5, 0.6) is 0 Å². The zero-order chi connectivity index (χ0) is 14.1. The summed E-state index contributed by atoms with van der Waals surface area (Å²) in [5.74, 6) is 0.656. The van der Waals surface area contributed by atoms with E-state index in [1.165, 1.54) is 24.0 Å². The maximum atomic E-state index is 9.29. The summed E-state index contributed by atoms with van der Waals surface area (Å²) in [7, 11) is 0. The van der Waals surface area contributed by atoms with Crippen LogP contribution in [0.2, 0.25) is 0 Å². The quantitative estimate of drug-likeness (QED) is 0.896. The average Bonchev–Trinajstić information content (AvgIpc) is 2.85. The number of hydrogen-bond acceptors (Lipinski definition) is 3. The van der Waals surface area contributed by atoms with Crippen molar-refractivity contribution in [2.75, 3.05) is 5.32 Å². The second kappa shape index (κ2) is 4.97. The molecule has 100 valence electrons. The molecule has 1 N–H and O–H groups in total. The van der Waals surface area contributed by atoms with E-state index in [4.69, 9.17) is 0 Å². The maximum absolute atomic E-state index is 9.29. The summed E-state index contributed by atoms with van der Waals surface area (Å²) in [5.41, 5.74) is 6.38. The number of aromatic nitrogens is 1. The highest BCUT2D eigenvalue weighted by molar-refractivity contribution is 5.66. The van der Waals surface area contributed by atoms with E-state index in [1.54, 1.807) is 0 Å². The Kier molecular flexibility index (Phi) is 3.15. The number of pyridine rings is 1. The van der Waals surface area contributed by atoms with Crippen molar-refractivity contribution < 1.29 is 0 Å². The highest BCUT2D eigenvalue weighted by atomic mass is 15.0. The molecule has 0 saturated heterocycles. The molecule has 3 rings (SSSR count). The van der Waals surface area contributed by atoms with E-state index in [2.05, 4.69) is 34.6 Å². The van der Waals surface area contributed by atoms with Crippen LogP contribution in [0.25, 0.3) is 0 Å². The van der Waals surface area contributed by atoms with Crippen LogP contribution in [0.4, 0.5) is 11.5 Å². The third-order valence-corrected chi connectivity index (χ3v) is 3.82. The minimum atomic E-state index is 0.621. The molecule has 0 spiro atoms. The van der Waals surface area contributed by atoms with Gasteiger partial charge in [0.25, 0.3) is 0 Å². The predicted molar refractivity (Wildman–Crippen MR) is 80.2 cm³/mol. The van der Waals surface area contributed by atoms with E-state index < -0.39 is 0 Å². The Balaban J connectivity index is 1.97. The molecule has 1 aliphatic rings. The van der Waals surface area contributed by atoms with Crippen molar-refractivity contribution in [1.29, 1.82) is 5.26 Å². The van der Waals surface area contributed by atoms with Gasteiger partial charge in [0.1, 0.15) is 11.9 Å². The molecule has 1 aromatic heterocycles. The summed E-state index contributed by atoms with van der Waals surface area (Å²) in [6.07, 6.45) is 3.57. The molecule has 0 saturated carbocycles. The molecule has 1 heterocycles. The van der Waals surface area contributed by atoms with Crippen LogP contribution in [0.3, 0.4) is 0 Å². The van der Waals surface area contributed by atoms with Crippen LogP contribution < -0.4 is 5.32 Å². The number of aryl methyl sites for hydroxylation is 4. The molecule has 1 aromatic carbocycles.